The Balaban J connectivity index is 3.13. The molecule has 0 fully saturated rings. The quantitative estimate of drug-likeness (QED) is 0.648. The maximum atomic E-state index is 10.4. The molecule has 0 aliphatic heterocycles. The van der Waals surface area contributed by atoms with Gasteiger partial charge in [-0.15, -0.1) is 0 Å². The number of aldehydes is 1. The Bertz CT molecular complexity index is 295. The maximum absolute atomic E-state index is 10.4. The zero-order valence-electron chi connectivity index (χ0n) is 6.82. The van der Waals surface area contributed by atoms with E-state index in [0.29, 0.717) is 6.29 Å². The van der Waals surface area contributed by atoms with Gasteiger partial charge in [-0.1, -0.05) is 6.07 Å². The molecule has 3 nitrogen and oxygen atoms in total. The Morgan fingerprint density at radius 3 is 2.75 bits per heavy atom. The minimum absolute atomic E-state index is 0.00519. The van der Waals surface area contributed by atoms with E-state index in [9.17, 15) is 4.79 Å². The lowest BCUT2D eigenvalue weighted by molar-refractivity contribution is 0.112. The fourth-order valence-electron chi connectivity index (χ4n) is 0.951. The Kier molecular flexibility index (Phi) is 2.45. The lowest BCUT2D eigenvalue weighted by atomic mass is 10.1. The molecule has 0 radical (unpaired) electrons. The number of rotatable bonds is 2. The van der Waals surface area contributed by atoms with Crippen molar-refractivity contribution in [1.82, 2.24) is 0 Å². The Labute approximate surface area is 70.8 Å². The molecule has 3 heteroatoms. The average Bonchev–Trinajstić information content (AvgIpc) is 2.05. The van der Waals surface area contributed by atoms with Crippen LogP contribution in [-0.2, 0) is 0 Å². The number of phenolic OH excluding ortho intramolecular Hbond substituents is 1. The summed E-state index contributed by atoms with van der Waals surface area (Å²) in [6.07, 6.45) is 0.612. The van der Waals surface area contributed by atoms with Gasteiger partial charge in [0, 0.05) is 6.04 Å². The van der Waals surface area contributed by atoms with Crippen molar-refractivity contribution in [3.8, 4) is 5.75 Å². The standard InChI is InChI=1S/C9H11NO2/c1-6(10)7-2-3-9(12)8(4-7)5-11/h2-6,12H,10H2,1H3. The van der Waals surface area contributed by atoms with E-state index in [0.717, 1.165) is 5.56 Å². The molecule has 1 aromatic rings. The molecule has 12 heavy (non-hydrogen) atoms. The van der Waals surface area contributed by atoms with Gasteiger partial charge in [0.1, 0.15) is 5.75 Å². The number of benzene rings is 1. The second-order valence-corrected chi connectivity index (χ2v) is 2.72. The third-order valence-electron chi connectivity index (χ3n) is 1.70. The van der Waals surface area contributed by atoms with Gasteiger partial charge in [0.2, 0.25) is 0 Å². The third-order valence-corrected chi connectivity index (χ3v) is 1.70. The highest BCUT2D eigenvalue weighted by molar-refractivity contribution is 5.79. The second-order valence-electron chi connectivity index (χ2n) is 2.72. The van der Waals surface area contributed by atoms with Crippen molar-refractivity contribution in [2.45, 2.75) is 13.0 Å². The van der Waals surface area contributed by atoms with Crippen LogP contribution in [0.3, 0.4) is 0 Å². The van der Waals surface area contributed by atoms with Crippen LogP contribution in [0.1, 0.15) is 28.9 Å². The van der Waals surface area contributed by atoms with E-state index in [2.05, 4.69) is 0 Å². The van der Waals surface area contributed by atoms with E-state index < -0.39 is 0 Å². The van der Waals surface area contributed by atoms with E-state index in [-0.39, 0.29) is 17.4 Å². The zero-order valence-corrected chi connectivity index (χ0v) is 6.82. The third kappa shape index (κ3) is 1.62. The molecular formula is C9H11NO2. The molecule has 64 valence electrons. The van der Waals surface area contributed by atoms with Gasteiger partial charge in [0.25, 0.3) is 0 Å². The first-order valence-corrected chi connectivity index (χ1v) is 3.69. The normalized spacial score (nSPS) is 12.5. The molecule has 1 atom stereocenters. The van der Waals surface area contributed by atoms with Gasteiger partial charge in [-0.05, 0) is 24.6 Å². The lowest BCUT2D eigenvalue weighted by Crippen LogP contribution is -2.05. The highest BCUT2D eigenvalue weighted by atomic mass is 16.3. The molecular weight excluding hydrogens is 154 g/mol. The fraction of sp³-hybridized carbons (Fsp3) is 0.222. The van der Waals surface area contributed by atoms with Crippen molar-refractivity contribution < 1.29 is 9.90 Å². The van der Waals surface area contributed by atoms with Crippen molar-refractivity contribution in [3.05, 3.63) is 29.3 Å². The first-order chi connectivity index (χ1) is 5.65. The lowest BCUT2D eigenvalue weighted by Gasteiger charge is -2.06. The van der Waals surface area contributed by atoms with Crippen molar-refractivity contribution in [2.75, 3.05) is 0 Å². The minimum Gasteiger partial charge on any atom is -0.507 e. The van der Waals surface area contributed by atoms with E-state index in [1.54, 1.807) is 12.1 Å². The molecule has 3 N–H and O–H groups in total. The van der Waals surface area contributed by atoms with Gasteiger partial charge in [-0.2, -0.15) is 0 Å². The van der Waals surface area contributed by atoms with Crippen molar-refractivity contribution in [2.24, 2.45) is 5.73 Å². The van der Waals surface area contributed by atoms with Gasteiger partial charge in [0.05, 0.1) is 5.56 Å². The van der Waals surface area contributed by atoms with Gasteiger partial charge in [-0.25, -0.2) is 0 Å². The molecule has 1 unspecified atom stereocenters. The van der Waals surface area contributed by atoms with Gasteiger partial charge in [-0.3, -0.25) is 4.79 Å². The fourth-order valence-corrected chi connectivity index (χ4v) is 0.951. The Morgan fingerprint density at radius 1 is 1.58 bits per heavy atom. The van der Waals surface area contributed by atoms with Crippen molar-refractivity contribution >= 4 is 6.29 Å². The molecule has 0 aliphatic rings. The van der Waals surface area contributed by atoms with Crippen LogP contribution in [0.4, 0.5) is 0 Å². The summed E-state index contributed by atoms with van der Waals surface area (Å²) in [6.45, 7) is 1.82. The Hall–Kier alpha value is -1.35. The largest absolute Gasteiger partial charge is 0.507 e. The van der Waals surface area contributed by atoms with Crippen LogP contribution in [0.25, 0.3) is 0 Å². The number of carbonyl (C=O) groups excluding carboxylic acids is 1. The van der Waals surface area contributed by atoms with E-state index in [1.807, 2.05) is 6.92 Å². The van der Waals surface area contributed by atoms with Crippen LogP contribution in [0.5, 0.6) is 5.75 Å². The van der Waals surface area contributed by atoms with Crippen LogP contribution < -0.4 is 5.73 Å². The topological polar surface area (TPSA) is 63.3 Å². The van der Waals surface area contributed by atoms with E-state index in [4.69, 9.17) is 10.8 Å². The first kappa shape index (κ1) is 8.74. The highest BCUT2D eigenvalue weighted by Crippen LogP contribution is 2.19. The van der Waals surface area contributed by atoms with Crippen LogP contribution in [0.2, 0.25) is 0 Å². The van der Waals surface area contributed by atoms with Crippen LogP contribution in [0.15, 0.2) is 18.2 Å². The monoisotopic (exact) mass is 165 g/mol. The molecule has 0 heterocycles. The summed E-state index contributed by atoms with van der Waals surface area (Å²) in [5.74, 6) is -0.00519. The summed E-state index contributed by atoms with van der Waals surface area (Å²) >= 11 is 0. The van der Waals surface area contributed by atoms with Gasteiger partial charge < -0.3 is 10.8 Å². The van der Waals surface area contributed by atoms with Gasteiger partial charge >= 0.3 is 0 Å². The van der Waals surface area contributed by atoms with Crippen LogP contribution in [0, 0.1) is 0 Å². The molecule has 0 saturated carbocycles. The van der Waals surface area contributed by atoms with E-state index in [1.165, 1.54) is 6.07 Å². The Morgan fingerprint density at radius 2 is 2.25 bits per heavy atom. The SMILES string of the molecule is CC(N)c1ccc(O)c(C=O)c1. The van der Waals surface area contributed by atoms with Crippen molar-refractivity contribution in [3.63, 3.8) is 0 Å². The number of aromatic hydroxyl groups is 1. The number of nitrogens with two attached hydrogens (primary N) is 1. The predicted molar refractivity (Wildman–Crippen MR) is 46.1 cm³/mol. The molecule has 0 bridgehead atoms. The summed E-state index contributed by atoms with van der Waals surface area (Å²) in [5.41, 5.74) is 6.71. The maximum Gasteiger partial charge on any atom is 0.153 e. The van der Waals surface area contributed by atoms with Crippen LogP contribution >= 0.6 is 0 Å². The zero-order chi connectivity index (χ0) is 9.14. The first-order valence-electron chi connectivity index (χ1n) is 3.69. The molecule has 0 aliphatic carbocycles. The highest BCUT2D eigenvalue weighted by Gasteiger charge is 2.03. The molecule has 0 saturated heterocycles. The smallest absolute Gasteiger partial charge is 0.153 e. The summed E-state index contributed by atoms with van der Waals surface area (Å²) in [5, 5.41) is 9.14. The second kappa shape index (κ2) is 3.36. The average molecular weight is 165 g/mol. The van der Waals surface area contributed by atoms with Gasteiger partial charge in [0.15, 0.2) is 6.29 Å². The number of hydrogen-bond donors (Lipinski definition) is 2. The van der Waals surface area contributed by atoms with E-state index >= 15 is 0 Å². The number of hydrogen-bond acceptors (Lipinski definition) is 3. The summed E-state index contributed by atoms with van der Waals surface area (Å²) in [4.78, 5) is 10.4. The summed E-state index contributed by atoms with van der Waals surface area (Å²) < 4.78 is 0. The molecule has 1 aromatic carbocycles. The minimum atomic E-state index is -0.121. The molecule has 0 spiro atoms. The number of phenols is 1. The predicted octanol–water partition coefficient (Wildman–Crippen LogP) is 1.22. The molecule has 1 rings (SSSR count). The molecule has 0 aromatic heterocycles. The molecule has 0 amide bonds. The summed E-state index contributed by atoms with van der Waals surface area (Å²) in [7, 11) is 0. The van der Waals surface area contributed by atoms with Crippen LogP contribution in [-0.4, -0.2) is 11.4 Å². The summed E-state index contributed by atoms with van der Waals surface area (Å²) in [6, 6.07) is 4.65. The van der Waals surface area contributed by atoms with Crippen molar-refractivity contribution in [1.29, 1.82) is 0 Å². The number of carbonyl (C=O) groups is 1.